The fraction of sp³-hybridized carbons (Fsp3) is 0.211. The number of carbonyl (C=O) groups excluding carboxylic acids is 1. The van der Waals surface area contributed by atoms with Crippen molar-refractivity contribution in [2.75, 3.05) is 12.4 Å². The molecule has 2 aromatic heterocycles. The standard InChI is InChI=1S/C19H19BrN4O3S/c1-23-8-7-21-19(23)28-12-15-9-16(25)17(27-2)10-24(15)11-18(26)22-14-5-3-13(20)4-6-14/h3-10H,11-12H2,1-2H3,(H,22,26). The van der Waals surface area contributed by atoms with Crippen molar-refractivity contribution in [2.24, 2.45) is 7.05 Å². The topological polar surface area (TPSA) is 78.2 Å². The summed E-state index contributed by atoms with van der Waals surface area (Å²) in [7, 11) is 3.34. The molecule has 0 radical (unpaired) electrons. The van der Waals surface area contributed by atoms with Gasteiger partial charge in [0.1, 0.15) is 6.54 Å². The Morgan fingerprint density at radius 3 is 2.71 bits per heavy atom. The van der Waals surface area contributed by atoms with Crippen LogP contribution in [-0.4, -0.2) is 27.1 Å². The second-order valence-corrected chi connectivity index (χ2v) is 7.85. The minimum Gasteiger partial charge on any atom is -0.491 e. The van der Waals surface area contributed by atoms with Crippen LogP contribution in [0.2, 0.25) is 0 Å². The van der Waals surface area contributed by atoms with Crippen molar-refractivity contribution in [3.05, 3.63) is 69.3 Å². The van der Waals surface area contributed by atoms with Crippen molar-refractivity contribution >= 4 is 39.3 Å². The van der Waals surface area contributed by atoms with Gasteiger partial charge in [0.15, 0.2) is 10.9 Å². The predicted octanol–water partition coefficient (Wildman–Crippen LogP) is 3.28. The number of halogens is 1. The van der Waals surface area contributed by atoms with Crippen LogP contribution in [-0.2, 0) is 24.1 Å². The maximum absolute atomic E-state index is 12.5. The highest BCUT2D eigenvalue weighted by atomic mass is 79.9. The number of rotatable bonds is 7. The Balaban J connectivity index is 1.79. The number of pyridine rings is 1. The summed E-state index contributed by atoms with van der Waals surface area (Å²) in [5, 5.41) is 3.68. The van der Waals surface area contributed by atoms with Crippen LogP contribution in [0.25, 0.3) is 0 Å². The number of amides is 1. The van der Waals surface area contributed by atoms with Gasteiger partial charge in [-0.2, -0.15) is 0 Å². The zero-order chi connectivity index (χ0) is 20.1. The summed E-state index contributed by atoms with van der Waals surface area (Å²) in [6.07, 6.45) is 5.14. The Morgan fingerprint density at radius 2 is 2.07 bits per heavy atom. The lowest BCUT2D eigenvalue weighted by Gasteiger charge is -2.15. The van der Waals surface area contributed by atoms with E-state index >= 15 is 0 Å². The summed E-state index contributed by atoms with van der Waals surface area (Å²) in [4.78, 5) is 29.0. The molecule has 0 saturated heterocycles. The molecule has 0 aliphatic rings. The summed E-state index contributed by atoms with van der Waals surface area (Å²) in [5.41, 5.74) is 1.19. The highest BCUT2D eigenvalue weighted by Crippen LogP contribution is 2.21. The van der Waals surface area contributed by atoms with E-state index in [0.717, 1.165) is 9.63 Å². The Hall–Kier alpha value is -2.52. The molecule has 146 valence electrons. The van der Waals surface area contributed by atoms with E-state index in [-0.39, 0.29) is 23.6 Å². The molecular weight excluding hydrogens is 444 g/mol. The lowest BCUT2D eigenvalue weighted by molar-refractivity contribution is -0.116. The maximum atomic E-state index is 12.5. The van der Waals surface area contributed by atoms with Crippen molar-refractivity contribution in [1.82, 2.24) is 14.1 Å². The number of nitrogens with zero attached hydrogens (tertiary/aromatic N) is 3. The first-order chi connectivity index (χ1) is 13.5. The van der Waals surface area contributed by atoms with Gasteiger partial charge in [-0.1, -0.05) is 27.7 Å². The minimum atomic E-state index is -0.220. The van der Waals surface area contributed by atoms with E-state index in [1.165, 1.54) is 24.9 Å². The van der Waals surface area contributed by atoms with Crippen molar-refractivity contribution in [1.29, 1.82) is 0 Å². The molecule has 1 amide bonds. The second kappa shape index (κ2) is 9.11. The molecular formula is C19H19BrN4O3S. The fourth-order valence-electron chi connectivity index (χ4n) is 2.54. The van der Waals surface area contributed by atoms with E-state index in [9.17, 15) is 9.59 Å². The molecule has 0 fully saturated rings. The number of aromatic nitrogens is 3. The van der Waals surface area contributed by atoms with E-state index in [1.54, 1.807) is 17.0 Å². The number of benzene rings is 1. The molecule has 0 unspecified atom stereocenters. The number of carbonyl (C=O) groups is 1. The number of imidazole rings is 1. The zero-order valence-corrected chi connectivity index (χ0v) is 17.8. The van der Waals surface area contributed by atoms with Crippen LogP contribution < -0.4 is 15.5 Å². The molecule has 1 aromatic carbocycles. The molecule has 0 saturated carbocycles. The number of nitrogens with one attached hydrogen (secondary N) is 1. The van der Waals surface area contributed by atoms with Crippen molar-refractivity contribution < 1.29 is 9.53 Å². The summed E-state index contributed by atoms with van der Waals surface area (Å²) >= 11 is 4.86. The first-order valence-electron chi connectivity index (χ1n) is 8.39. The Morgan fingerprint density at radius 1 is 1.32 bits per heavy atom. The number of hydrogen-bond donors (Lipinski definition) is 1. The average Bonchev–Trinajstić information content (AvgIpc) is 3.08. The number of ether oxygens (including phenoxy) is 1. The van der Waals surface area contributed by atoms with Gasteiger partial charge in [-0.15, -0.1) is 0 Å². The quantitative estimate of drug-likeness (QED) is 0.545. The van der Waals surface area contributed by atoms with Crippen LogP contribution in [0.4, 0.5) is 5.69 Å². The van der Waals surface area contributed by atoms with Gasteiger partial charge in [-0.25, -0.2) is 4.98 Å². The monoisotopic (exact) mass is 462 g/mol. The van der Waals surface area contributed by atoms with Crippen molar-refractivity contribution in [2.45, 2.75) is 17.5 Å². The lowest BCUT2D eigenvalue weighted by atomic mass is 10.3. The average molecular weight is 463 g/mol. The van der Waals surface area contributed by atoms with Crippen molar-refractivity contribution in [3.63, 3.8) is 0 Å². The van der Waals surface area contributed by atoms with Gasteiger partial charge >= 0.3 is 0 Å². The third-order valence-electron chi connectivity index (χ3n) is 3.97. The van der Waals surface area contributed by atoms with Gasteiger partial charge < -0.3 is 19.2 Å². The number of hydrogen-bond acceptors (Lipinski definition) is 5. The highest BCUT2D eigenvalue weighted by Gasteiger charge is 2.12. The zero-order valence-electron chi connectivity index (χ0n) is 15.4. The van der Waals surface area contributed by atoms with Crippen LogP contribution in [0.1, 0.15) is 5.69 Å². The number of methoxy groups -OCH3 is 1. The highest BCUT2D eigenvalue weighted by molar-refractivity contribution is 9.10. The largest absolute Gasteiger partial charge is 0.491 e. The molecule has 9 heteroatoms. The maximum Gasteiger partial charge on any atom is 0.244 e. The molecule has 0 spiro atoms. The molecule has 28 heavy (non-hydrogen) atoms. The number of anilines is 1. The van der Waals surface area contributed by atoms with E-state index < -0.39 is 0 Å². The van der Waals surface area contributed by atoms with Crippen LogP contribution in [0, 0.1) is 0 Å². The normalized spacial score (nSPS) is 10.7. The van der Waals surface area contributed by atoms with Gasteiger partial charge in [-0.3, -0.25) is 9.59 Å². The second-order valence-electron chi connectivity index (χ2n) is 5.99. The van der Waals surface area contributed by atoms with Crippen LogP contribution in [0.5, 0.6) is 5.75 Å². The first kappa shape index (κ1) is 20.2. The van der Waals surface area contributed by atoms with Gasteiger partial charge in [0.25, 0.3) is 0 Å². The molecule has 3 aromatic rings. The number of aryl methyl sites for hydroxylation is 1. The third kappa shape index (κ3) is 5.05. The minimum absolute atomic E-state index is 0.0587. The summed E-state index contributed by atoms with van der Waals surface area (Å²) in [6.45, 7) is 0.0587. The van der Waals surface area contributed by atoms with Gasteiger partial charge in [-0.05, 0) is 24.3 Å². The van der Waals surface area contributed by atoms with Crippen LogP contribution in [0.15, 0.2) is 63.3 Å². The molecule has 3 rings (SSSR count). The Labute approximate surface area is 174 Å². The molecule has 0 atom stereocenters. The van der Waals surface area contributed by atoms with Crippen LogP contribution >= 0.6 is 27.7 Å². The van der Waals surface area contributed by atoms with Crippen molar-refractivity contribution in [3.8, 4) is 5.75 Å². The Bertz CT molecular complexity index is 1030. The lowest BCUT2D eigenvalue weighted by Crippen LogP contribution is -2.22. The molecule has 0 aliphatic heterocycles. The van der Waals surface area contributed by atoms with E-state index in [0.29, 0.717) is 17.1 Å². The molecule has 2 heterocycles. The first-order valence-corrected chi connectivity index (χ1v) is 10.2. The van der Waals surface area contributed by atoms with Crippen LogP contribution in [0.3, 0.4) is 0 Å². The fourth-order valence-corrected chi connectivity index (χ4v) is 3.73. The third-order valence-corrected chi connectivity index (χ3v) is 5.59. The summed E-state index contributed by atoms with van der Waals surface area (Å²) in [5.74, 6) is 0.494. The molecule has 0 bridgehead atoms. The van der Waals surface area contributed by atoms with E-state index in [2.05, 4.69) is 26.2 Å². The van der Waals surface area contributed by atoms with Gasteiger partial charge in [0.2, 0.25) is 11.3 Å². The smallest absolute Gasteiger partial charge is 0.244 e. The number of thioether (sulfide) groups is 1. The summed E-state index contributed by atoms with van der Waals surface area (Å²) in [6, 6.07) is 8.83. The molecule has 7 nitrogen and oxygen atoms in total. The molecule has 1 N–H and O–H groups in total. The van der Waals surface area contributed by atoms with Gasteiger partial charge in [0.05, 0.1) is 13.3 Å². The van der Waals surface area contributed by atoms with E-state index in [1.807, 2.05) is 42.1 Å². The van der Waals surface area contributed by atoms with E-state index in [4.69, 9.17) is 4.74 Å². The SMILES string of the molecule is COc1cn(CC(=O)Nc2ccc(Br)cc2)c(CSc2nccn2C)cc1=O. The Kier molecular flexibility index (Phi) is 6.58. The van der Waals surface area contributed by atoms with Gasteiger partial charge in [0, 0.05) is 47.1 Å². The molecule has 0 aliphatic carbocycles. The predicted molar refractivity (Wildman–Crippen MR) is 113 cm³/mol. The summed E-state index contributed by atoms with van der Waals surface area (Å²) < 4.78 is 9.69.